The minimum atomic E-state index is -3.71. The molecule has 1 atom stereocenters. The van der Waals surface area contributed by atoms with Crippen molar-refractivity contribution in [2.45, 2.75) is 37.7 Å². The number of ether oxygens (including phenoxy) is 2. The van der Waals surface area contributed by atoms with E-state index in [-0.39, 0.29) is 36.6 Å². The Bertz CT molecular complexity index is 943. The molecular weight excluding hydrogens is 462 g/mol. The zero-order valence-corrected chi connectivity index (χ0v) is 20.6. The van der Waals surface area contributed by atoms with E-state index < -0.39 is 22.0 Å². The van der Waals surface area contributed by atoms with Gasteiger partial charge in [-0.15, -0.1) is 0 Å². The standard InChI is InChI=1S/C22H35N5O6S/c1-16(2)13-25-22(29)26-21(28)15-24-20-12-18(34(30,31)27-7-10-32-11-8-27)5-6-19(20)23-14-17-4-3-9-33-17/h5-6,12,16-17,23-24H,3-4,7-11,13-15H2,1-2H3,(H2,25,26,28,29). The quantitative estimate of drug-likeness (QED) is 0.378. The van der Waals surface area contributed by atoms with Crippen LogP contribution in [0.1, 0.15) is 26.7 Å². The zero-order chi connectivity index (χ0) is 24.6. The van der Waals surface area contributed by atoms with E-state index in [9.17, 15) is 18.0 Å². The number of carbonyl (C=O) groups is 2. The lowest BCUT2D eigenvalue weighted by atomic mass is 10.2. The topological polar surface area (TPSA) is 138 Å². The summed E-state index contributed by atoms with van der Waals surface area (Å²) in [5.41, 5.74) is 1.10. The van der Waals surface area contributed by atoms with Crippen molar-refractivity contribution >= 4 is 33.3 Å². The Hall–Kier alpha value is -2.41. The Morgan fingerprint density at radius 2 is 1.88 bits per heavy atom. The summed E-state index contributed by atoms with van der Waals surface area (Å²) in [6.45, 7) is 6.72. The van der Waals surface area contributed by atoms with E-state index in [4.69, 9.17) is 9.47 Å². The van der Waals surface area contributed by atoms with Crippen LogP contribution in [0.3, 0.4) is 0 Å². The summed E-state index contributed by atoms with van der Waals surface area (Å²) in [6.07, 6.45) is 2.04. The molecule has 34 heavy (non-hydrogen) atoms. The molecule has 1 unspecified atom stereocenters. The summed E-state index contributed by atoms with van der Waals surface area (Å²) in [4.78, 5) is 24.2. The largest absolute Gasteiger partial charge is 0.381 e. The van der Waals surface area contributed by atoms with E-state index in [0.717, 1.165) is 19.4 Å². The second kappa shape index (κ2) is 12.3. The van der Waals surface area contributed by atoms with Gasteiger partial charge in [0.2, 0.25) is 15.9 Å². The van der Waals surface area contributed by atoms with Crippen LogP contribution in [-0.2, 0) is 24.3 Å². The summed E-state index contributed by atoms with van der Waals surface area (Å²) >= 11 is 0. The van der Waals surface area contributed by atoms with Gasteiger partial charge in [0.1, 0.15) is 0 Å². The number of urea groups is 1. The highest BCUT2D eigenvalue weighted by Crippen LogP contribution is 2.28. The lowest BCUT2D eigenvalue weighted by Crippen LogP contribution is -2.43. The molecule has 2 fully saturated rings. The Labute approximate surface area is 201 Å². The van der Waals surface area contributed by atoms with Crippen LogP contribution in [0.2, 0.25) is 0 Å². The molecular formula is C22H35N5O6S. The van der Waals surface area contributed by atoms with Crippen LogP contribution < -0.4 is 21.3 Å². The average Bonchev–Trinajstić information content (AvgIpc) is 3.34. The molecule has 0 radical (unpaired) electrons. The molecule has 0 aromatic heterocycles. The first kappa shape index (κ1) is 26.2. The number of carbonyl (C=O) groups excluding carboxylic acids is 2. The van der Waals surface area contributed by atoms with Crippen molar-refractivity contribution < 1.29 is 27.5 Å². The van der Waals surface area contributed by atoms with Gasteiger partial charge in [-0.1, -0.05) is 13.8 Å². The van der Waals surface area contributed by atoms with Crippen LogP contribution in [0.4, 0.5) is 16.2 Å². The third-order valence-corrected chi connectivity index (χ3v) is 7.40. The van der Waals surface area contributed by atoms with Crippen molar-refractivity contribution in [2.75, 3.05) is 63.2 Å². The predicted octanol–water partition coefficient (Wildman–Crippen LogP) is 1.19. The number of hydrogen-bond donors (Lipinski definition) is 4. The van der Waals surface area contributed by atoms with Gasteiger partial charge in [0, 0.05) is 32.8 Å². The fourth-order valence-electron chi connectivity index (χ4n) is 3.64. The molecule has 1 aromatic rings. The van der Waals surface area contributed by atoms with Gasteiger partial charge in [-0.25, -0.2) is 13.2 Å². The molecule has 2 saturated heterocycles. The zero-order valence-electron chi connectivity index (χ0n) is 19.8. The van der Waals surface area contributed by atoms with Gasteiger partial charge >= 0.3 is 6.03 Å². The number of anilines is 2. The summed E-state index contributed by atoms with van der Waals surface area (Å²) in [7, 11) is -3.71. The highest BCUT2D eigenvalue weighted by Gasteiger charge is 2.27. The van der Waals surface area contributed by atoms with E-state index in [2.05, 4.69) is 21.3 Å². The molecule has 11 nitrogen and oxygen atoms in total. The Kier molecular flexibility index (Phi) is 9.51. The van der Waals surface area contributed by atoms with Crippen LogP contribution in [-0.4, -0.2) is 83.3 Å². The SMILES string of the molecule is CC(C)CNC(=O)NC(=O)CNc1cc(S(=O)(=O)N2CCOCC2)ccc1NCC1CCCO1. The van der Waals surface area contributed by atoms with Crippen LogP contribution in [0.15, 0.2) is 23.1 Å². The fraction of sp³-hybridized carbons (Fsp3) is 0.636. The normalized spacial score (nSPS) is 19.1. The monoisotopic (exact) mass is 497 g/mol. The minimum Gasteiger partial charge on any atom is -0.381 e. The molecule has 0 saturated carbocycles. The maximum Gasteiger partial charge on any atom is 0.321 e. The van der Waals surface area contributed by atoms with Crippen LogP contribution in [0.5, 0.6) is 0 Å². The predicted molar refractivity (Wildman–Crippen MR) is 128 cm³/mol. The molecule has 190 valence electrons. The lowest BCUT2D eigenvalue weighted by Gasteiger charge is -2.26. The van der Waals surface area contributed by atoms with Crippen LogP contribution >= 0.6 is 0 Å². The number of nitrogens with one attached hydrogen (secondary N) is 4. The third kappa shape index (κ3) is 7.55. The molecule has 2 aliphatic rings. The average molecular weight is 498 g/mol. The van der Waals surface area contributed by atoms with Crippen molar-refractivity contribution in [3.05, 3.63) is 18.2 Å². The number of rotatable bonds is 10. The van der Waals surface area contributed by atoms with Crippen molar-refractivity contribution in [3.8, 4) is 0 Å². The first-order valence-corrected chi connectivity index (χ1v) is 13.1. The molecule has 4 N–H and O–H groups in total. The molecule has 12 heteroatoms. The summed E-state index contributed by atoms with van der Waals surface area (Å²) in [5.74, 6) is -0.277. The number of imide groups is 1. The van der Waals surface area contributed by atoms with Crippen LogP contribution in [0, 0.1) is 5.92 Å². The van der Waals surface area contributed by atoms with Gasteiger partial charge in [-0.2, -0.15) is 4.31 Å². The number of nitrogens with zero attached hydrogens (tertiary/aromatic N) is 1. The van der Waals surface area contributed by atoms with Gasteiger partial charge in [-0.05, 0) is 37.0 Å². The van der Waals surface area contributed by atoms with E-state index in [1.54, 1.807) is 12.1 Å². The molecule has 0 aliphatic carbocycles. The number of hydrogen-bond acceptors (Lipinski definition) is 8. The minimum absolute atomic E-state index is 0.0811. The summed E-state index contributed by atoms with van der Waals surface area (Å²) in [6, 6.07) is 4.17. The number of morpholine rings is 1. The van der Waals surface area contributed by atoms with Crippen molar-refractivity contribution in [1.82, 2.24) is 14.9 Å². The summed E-state index contributed by atoms with van der Waals surface area (Å²) < 4.78 is 38.5. The van der Waals surface area contributed by atoms with E-state index >= 15 is 0 Å². The van der Waals surface area contributed by atoms with E-state index in [1.807, 2.05) is 13.8 Å². The molecule has 0 bridgehead atoms. The van der Waals surface area contributed by atoms with Gasteiger partial charge < -0.3 is 25.4 Å². The third-order valence-electron chi connectivity index (χ3n) is 5.51. The van der Waals surface area contributed by atoms with Crippen LogP contribution in [0.25, 0.3) is 0 Å². The molecule has 1 aromatic carbocycles. The first-order valence-electron chi connectivity index (χ1n) is 11.6. The smallest absolute Gasteiger partial charge is 0.321 e. The van der Waals surface area contributed by atoms with Crippen molar-refractivity contribution in [1.29, 1.82) is 0 Å². The maximum atomic E-state index is 13.1. The second-order valence-electron chi connectivity index (χ2n) is 8.75. The van der Waals surface area contributed by atoms with E-state index in [0.29, 0.717) is 37.7 Å². The molecule has 3 amide bonds. The number of amides is 3. The van der Waals surface area contributed by atoms with Crippen molar-refractivity contribution in [2.24, 2.45) is 5.92 Å². The number of benzene rings is 1. The highest BCUT2D eigenvalue weighted by molar-refractivity contribution is 7.89. The molecule has 3 rings (SSSR count). The Morgan fingerprint density at radius 1 is 1.12 bits per heavy atom. The lowest BCUT2D eigenvalue weighted by molar-refractivity contribution is -0.118. The van der Waals surface area contributed by atoms with Gasteiger partial charge in [0.25, 0.3) is 0 Å². The van der Waals surface area contributed by atoms with Crippen molar-refractivity contribution in [3.63, 3.8) is 0 Å². The summed E-state index contributed by atoms with van der Waals surface area (Å²) in [5, 5.41) is 11.1. The second-order valence-corrected chi connectivity index (χ2v) is 10.7. The molecule has 2 heterocycles. The maximum absolute atomic E-state index is 13.1. The molecule has 0 spiro atoms. The molecule has 2 aliphatic heterocycles. The van der Waals surface area contributed by atoms with Gasteiger partial charge in [0.15, 0.2) is 0 Å². The van der Waals surface area contributed by atoms with Gasteiger partial charge in [-0.3, -0.25) is 10.1 Å². The fourth-order valence-corrected chi connectivity index (χ4v) is 5.07. The highest BCUT2D eigenvalue weighted by atomic mass is 32.2. The Balaban J connectivity index is 1.70. The Morgan fingerprint density at radius 3 is 2.56 bits per heavy atom. The number of sulfonamides is 1. The van der Waals surface area contributed by atoms with Gasteiger partial charge in [0.05, 0.1) is 42.1 Å². The first-order chi connectivity index (χ1) is 16.3. The van der Waals surface area contributed by atoms with E-state index in [1.165, 1.54) is 10.4 Å².